The van der Waals surface area contributed by atoms with Crippen LogP contribution in [0.15, 0.2) is 36.6 Å². The van der Waals surface area contributed by atoms with Crippen LogP contribution in [0.25, 0.3) is 0 Å². The second-order valence-electron chi connectivity index (χ2n) is 4.91. The van der Waals surface area contributed by atoms with E-state index in [9.17, 15) is 0 Å². The van der Waals surface area contributed by atoms with Gasteiger partial charge in [-0.05, 0) is 32.2 Å². The second kappa shape index (κ2) is 7.39. The first-order chi connectivity index (χ1) is 8.62. The lowest BCUT2D eigenvalue weighted by atomic mass is 10.1. The Morgan fingerprint density at radius 3 is 2.67 bits per heavy atom. The average Bonchev–Trinajstić information content (AvgIpc) is 2.31. The Kier molecular flexibility index (Phi) is 6.16. The van der Waals surface area contributed by atoms with Crippen molar-refractivity contribution < 1.29 is 0 Å². The molecule has 102 valence electrons. The Hall–Kier alpha value is -1.06. The molecule has 1 saturated heterocycles. The van der Waals surface area contributed by atoms with Crippen LogP contribution < -0.4 is 5.32 Å². The van der Waals surface area contributed by atoms with Gasteiger partial charge in [-0.2, -0.15) is 0 Å². The molecule has 1 rings (SSSR count). The van der Waals surface area contributed by atoms with Gasteiger partial charge in [-0.25, -0.2) is 0 Å². The molecule has 0 aromatic carbocycles. The lowest BCUT2D eigenvalue weighted by Gasteiger charge is -2.45. The van der Waals surface area contributed by atoms with Gasteiger partial charge in [0.2, 0.25) is 0 Å². The van der Waals surface area contributed by atoms with Crippen LogP contribution in [-0.2, 0) is 0 Å². The predicted molar refractivity (Wildman–Crippen MR) is 79.6 cm³/mol. The molecule has 1 aliphatic heterocycles. The number of allylic oxidation sites excluding steroid dienone is 3. The van der Waals surface area contributed by atoms with Gasteiger partial charge < -0.3 is 10.2 Å². The summed E-state index contributed by atoms with van der Waals surface area (Å²) in [5.74, 6) is 0. The maximum Gasteiger partial charge on any atom is 0.0444 e. The Morgan fingerprint density at radius 2 is 2.17 bits per heavy atom. The van der Waals surface area contributed by atoms with Gasteiger partial charge in [0.1, 0.15) is 0 Å². The summed E-state index contributed by atoms with van der Waals surface area (Å²) in [5.41, 5.74) is 2.37. The van der Waals surface area contributed by atoms with Crippen LogP contribution in [0.3, 0.4) is 0 Å². The van der Waals surface area contributed by atoms with Crippen molar-refractivity contribution >= 4 is 0 Å². The van der Waals surface area contributed by atoms with E-state index in [1.165, 1.54) is 5.57 Å². The van der Waals surface area contributed by atoms with Crippen LogP contribution in [0.5, 0.6) is 0 Å². The molecule has 0 aromatic rings. The molecular weight excluding hydrogens is 222 g/mol. The highest BCUT2D eigenvalue weighted by molar-refractivity contribution is 5.27. The van der Waals surface area contributed by atoms with Gasteiger partial charge in [-0.3, -0.25) is 4.90 Å². The third-order valence-electron chi connectivity index (χ3n) is 3.63. The van der Waals surface area contributed by atoms with Crippen LogP contribution in [0.4, 0.5) is 0 Å². The fraction of sp³-hybridized carbons (Fsp3) is 0.600. The predicted octanol–water partition coefficient (Wildman–Crippen LogP) is 1.86. The van der Waals surface area contributed by atoms with Gasteiger partial charge in [0.25, 0.3) is 0 Å². The van der Waals surface area contributed by atoms with E-state index in [0.29, 0.717) is 6.04 Å². The number of nitrogens with one attached hydrogen (secondary N) is 1. The average molecular weight is 249 g/mol. The standard InChI is InChI=1S/C15H27N3/c1-6-14(7-2)10-13(3)18-11-15(12-18)17(5)9-8-16-4/h6,10,15-16H,1,3,7-9,11-12H2,2,4-5H3/b14-10+. The minimum absolute atomic E-state index is 0.664. The molecule has 0 aromatic heterocycles. The molecular formula is C15H27N3. The van der Waals surface area contributed by atoms with Crippen molar-refractivity contribution in [3.05, 3.63) is 36.6 Å². The molecule has 1 heterocycles. The van der Waals surface area contributed by atoms with E-state index in [1.807, 2.05) is 13.1 Å². The molecule has 18 heavy (non-hydrogen) atoms. The molecule has 3 heteroatoms. The monoisotopic (exact) mass is 249 g/mol. The smallest absolute Gasteiger partial charge is 0.0444 e. The minimum atomic E-state index is 0.664. The zero-order valence-electron chi connectivity index (χ0n) is 12.1. The fourth-order valence-electron chi connectivity index (χ4n) is 2.05. The maximum absolute atomic E-state index is 4.14. The fourth-order valence-corrected chi connectivity index (χ4v) is 2.05. The summed E-state index contributed by atoms with van der Waals surface area (Å²) < 4.78 is 0. The molecule has 1 fully saturated rings. The highest BCUT2D eigenvalue weighted by Crippen LogP contribution is 2.20. The van der Waals surface area contributed by atoms with Gasteiger partial charge in [0.05, 0.1) is 0 Å². The molecule has 0 spiro atoms. The van der Waals surface area contributed by atoms with E-state index in [4.69, 9.17) is 0 Å². The topological polar surface area (TPSA) is 18.5 Å². The van der Waals surface area contributed by atoms with Crippen LogP contribution in [0.1, 0.15) is 13.3 Å². The first-order valence-corrected chi connectivity index (χ1v) is 6.74. The van der Waals surface area contributed by atoms with Gasteiger partial charge in [0.15, 0.2) is 0 Å². The van der Waals surface area contributed by atoms with Crippen molar-refractivity contribution in [2.75, 3.05) is 40.3 Å². The van der Waals surface area contributed by atoms with Crippen molar-refractivity contribution in [3.8, 4) is 0 Å². The van der Waals surface area contributed by atoms with E-state index < -0.39 is 0 Å². The second-order valence-corrected chi connectivity index (χ2v) is 4.91. The van der Waals surface area contributed by atoms with Crippen LogP contribution in [0, 0.1) is 0 Å². The van der Waals surface area contributed by atoms with E-state index in [-0.39, 0.29) is 0 Å². The van der Waals surface area contributed by atoms with Gasteiger partial charge in [0, 0.05) is 37.9 Å². The summed E-state index contributed by atoms with van der Waals surface area (Å²) in [6.45, 7) is 14.4. The SMILES string of the molecule is C=C/C(=C\C(=C)N1CC(N(C)CCNC)C1)CC. The summed E-state index contributed by atoms with van der Waals surface area (Å²) >= 11 is 0. The highest BCUT2D eigenvalue weighted by atomic mass is 15.3. The van der Waals surface area contributed by atoms with Crippen molar-refractivity contribution in [1.82, 2.24) is 15.1 Å². The summed E-state index contributed by atoms with van der Waals surface area (Å²) in [7, 11) is 4.19. The van der Waals surface area contributed by atoms with Crippen molar-refractivity contribution in [1.29, 1.82) is 0 Å². The summed E-state index contributed by atoms with van der Waals surface area (Å²) in [6, 6.07) is 0.664. The number of likely N-dealkylation sites (tertiary alicyclic amines) is 1. The molecule has 1 aliphatic rings. The third kappa shape index (κ3) is 4.00. The lowest BCUT2D eigenvalue weighted by molar-refractivity contribution is 0.0808. The van der Waals surface area contributed by atoms with Crippen LogP contribution in [-0.4, -0.2) is 56.1 Å². The zero-order chi connectivity index (χ0) is 13.5. The number of likely N-dealkylation sites (N-methyl/N-ethyl adjacent to an activating group) is 2. The number of nitrogens with zero attached hydrogens (tertiary/aromatic N) is 2. The number of hydrogen-bond donors (Lipinski definition) is 1. The molecule has 1 N–H and O–H groups in total. The molecule has 0 aliphatic carbocycles. The molecule has 0 atom stereocenters. The largest absolute Gasteiger partial charge is 0.369 e. The summed E-state index contributed by atoms with van der Waals surface area (Å²) in [4.78, 5) is 4.75. The molecule has 3 nitrogen and oxygen atoms in total. The minimum Gasteiger partial charge on any atom is -0.369 e. The molecule has 0 unspecified atom stereocenters. The van der Waals surface area contributed by atoms with Gasteiger partial charge in [-0.15, -0.1) is 0 Å². The van der Waals surface area contributed by atoms with Gasteiger partial charge in [-0.1, -0.05) is 26.2 Å². The van der Waals surface area contributed by atoms with Crippen molar-refractivity contribution in [2.24, 2.45) is 0 Å². The quantitative estimate of drug-likeness (QED) is 0.662. The van der Waals surface area contributed by atoms with Crippen molar-refractivity contribution in [2.45, 2.75) is 19.4 Å². The molecule has 0 saturated carbocycles. The first-order valence-electron chi connectivity index (χ1n) is 6.74. The third-order valence-corrected chi connectivity index (χ3v) is 3.63. The Morgan fingerprint density at radius 1 is 1.50 bits per heavy atom. The zero-order valence-corrected chi connectivity index (χ0v) is 12.1. The van der Waals surface area contributed by atoms with Crippen molar-refractivity contribution in [3.63, 3.8) is 0 Å². The first kappa shape index (κ1) is 15.0. The molecule has 0 radical (unpaired) electrons. The Labute approximate surface area is 112 Å². The highest BCUT2D eigenvalue weighted by Gasteiger charge is 2.29. The number of rotatable bonds is 8. The maximum atomic E-state index is 4.14. The van der Waals surface area contributed by atoms with Gasteiger partial charge >= 0.3 is 0 Å². The Bertz CT molecular complexity index is 314. The van der Waals surface area contributed by atoms with E-state index in [1.54, 1.807) is 0 Å². The Balaban J connectivity index is 2.35. The molecule has 0 amide bonds. The van der Waals surface area contributed by atoms with Crippen LogP contribution in [0.2, 0.25) is 0 Å². The van der Waals surface area contributed by atoms with E-state index in [0.717, 1.165) is 38.3 Å². The molecule has 0 bridgehead atoms. The number of hydrogen-bond acceptors (Lipinski definition) is 3. The van der Waals surface area contributed by atoms with E-state index in [2.05, 4.69) is 48.3 Å². The van der Waals surface area contributed by atoms with Crippen LogP contribution >= 0.6 is 0 Å². The van der Waals surface area contributed by atoms with E-state index >= 15 is 0 Å². The summed E-state index contributed by atoms with van der Waals surface area (Å²) in [6.07, 6.45) is 5.08. The normalized spacial score (nSPS) is 16.9. The lowest BCUT2D eigenvalue weighted by Crippen LogP contribution is -2.58. The summed E-state index contributed by atoms with van der Waals surface area (Å²) in [5, 5.41) is 3.18.